The minimum atomic E-state index is -3.53. The molecule has 2 aromatic carbocycles. The Bertz CT molecular complexity index is 948. The van der Waals surface area contributed by atoms with Crippen LogP contribution in [0.5, 0.6) is 0 Å². The molecule has 0 saturated heterocycles. The van der Waals surface area contributed by atoms with Gasteiger partial charge >= 0.3 is 0 Å². The average Bonchev–Trinajstić information content (AvgIpc) is 2.94. The van der Waals surface area contributed by atoms with Crippen molar-refractivity contribution < 1.29 is 8.42 Å². The zero-order valence-corrected chi connectivity index (χ0v) is 15.0. The number of fused-ring (bicyclic) bond motifs is 1. The van der Waals surface area contributed by atoms with Crippen LogP contribution in [0.15, 0.2) is 47.4 Å². The SMILES string of the molecule is Cc1nc2cc(S(=O)(=O)NCCc3ccc(CN)cc3)ccc2s1. The van der Waals surface area contributed by atoms with Crippen LogP contribution < -0.4 is 10.5 Å². The summed E-state index contributed by atoms with van der Waals surface area (Å²) in [4.78, 5) is 4.60. The Labute approximate surface area is 145 Å². The molecular weight excluding hydrogens is 342 g/mol. The van der Waals surface area contributed by atoms with Gasteiger partial charge in [0.05, 0.1) is 20.1 Å². The smallest absolute Gasteiger partial charge is 0.240 e. The second-order valence-corrected chi connectivity index (χ2v) is 8.53. The molecule has 7 heteroatoms. The number of rotatable bonds is 6. The van der Waals surface area contributed by atoms with E-state index in [0.29, 0.717) is 19.5 Å². The van der Waals surface area contributed by atoms with Crippen LogP contribution >= 0.6 is 11.3 Å². The summed E-state index contributed by atoms with van der Waals surface area (Å²) in [6, 6.07) is 12.9. The second-order valence-electron chi connectivity index (χ2n) is 5.53. The van der Waals surface area contributed by atoms with Crippen molar-refractivity contribution in [2.45, 2.75) is 24.8 Å². The first-order chi connectivity index (χ1) is 11.5. The molecule has 126 valence electrons. The molecule has 3 N–H and O–H groups in total. The van der Waals surface area contributed by atoms with Crippen LogP contribution in [-0.2, 0) is 23.0 Å². The van der Waals surface area contributed by atoms with Gasteiger partial charge in [0.2, 0.25) is 10.0 Å². The molecule has 0 fully saturated rings. The van der Waals surface area contributed by atoms with Crippen LogP contribution in [0, 0.1) is 6.92 Å². The van der Waals surface area contributed by atoms with Gasteiger partial charge in [-0.2, -0.15) is 0 Å². The predicted octanol–water partition coefficient (Wildman–Crippen LogP) is 2.58. The van der Waals surface area contributed by atoms with E-state index in [-0.39, 0.29) is 4.90 Å². The number of nitrogens with two attached hydrogens (primary N) is 1. The van der Waals surface area contributed by atoms with E-state index in [1.807, 2.05) is 31.2 Å². The Hall–Kier alpha value is -1.80. The Kier molecular flexibility index (Phi) is 4.96. The number of hydrogen-bond donors (Lipinski definition) is 2. The summed E-state index contributed by atoms with van der Waals surface area (Å²) < 4.78 is 28.5. The largest absolute Gasteiger partial charge is 0.326 e. The highest BCUT2D eigenvalue weighted by atomic mass is 32.2. The van der Waals surface area contributed by atoms with Gasteiger partial charge in [-0.3, -0.25) is 0 Å². The zero-order chi connectivity index (χ0) is 17.2. The molecule has 0 amide bonds. The van der Waals surface area contributed by atoms with Crippen LogP contribution in [0.3, 0.4) is 0 Å². The van der Waals surface area contributed by atoms with Crippen molar-refractivity contribution in [1.29, 1.82) is 0 Å². The minimum Gasteiger partial charge on any atom is -0.326 e. The first kappa shape index (κ1) is 17.0. The highest BCUT2D eigenvalue weighted by Gasteiger charge is 2.15. The molecule has 0 aliphatic carbocycles. The van der Waals surface area contributed by atoms with Crippen molar-refractivity contribution in [2.75, 3.05) is 6.54 Å². The molecule has 3 aromatic rings. The molecule has 1 aromatic heterocycles. The summed E-state index contributed by atoms with van der Waals surface area (Å²) in [5.41, 5.74) is 8.42. The Morgan fingerprint density at radius 2 is 1.83 bits per heavy atom. The summed E-state index contributed by atoms with van der Waals surface area (Å²) >= 11 is 1.55. The molecule has 0 unspecified atom stereocenters. The van der Waals surface area contributed by atoms with Gasteiger partial charge in [0.1, 0.15) is 0 Å². The Morgan fingerprint density at radius 3 is 2.54 bits per heavy atom. The van der Waals surface area contributed by atoms with E-state index in [2.05, 4.69) is 9.71 Å². The molecule has 0 aliphatic rings. The fraction of sp³-hybridized carbons (Fsp3) is 0.235. The molecule has 3 rings (SSSR count). The number of nitrogens with one attached hydrogen (secondary N) is 1. The van der Waals surface area contributed by atoms with Gasteiger partial charge < -0.3 is 5.73 Å². The van der Waals surface area contributed by atoms with Crippen LogP contribution in [0.2, 0.25) is 0 Å². The third-order valence-electron chi connectivity index (χ3n) is 3.74. The lowest BCUT2D eigenvalue weighted by molar-refractivity contribution is 0.582. The lowest BCUT2D eigenvalue weighted by Gasteiger charge is -2.07. The van der Waals surface area contributed by atoms with Gasteiger partial charge in [-0.15, -0.1) is 11.3 Å². The van der Waals surface area contributed by atoms with Gasteiger partial charge in [0.15, 0.2) is 0 Å². The second kappa shape index (κ2) is 6.98. The van der Waals surface area contributed by atoms with Crippen LogP contribution in [0.25, 0.3) is 10.2 Å². The Morgan fingerprint density at radius 1 is 1.12 bits per heavy atom. The number of sulfonamides is 1. The molecule has 0 aliphatic heterocycles. The standard InChI is InChI=1S/C17H19N3O2S2/c1-12-20-16-10-15(6-7-17(16)23-12)24(21,22)19-9-8-13-2-4-14(11-18)5-3-13/h2-7,10,19H,8-9,11,18H2,1H3. The minimum absolute atomic E-state index is 0.249. The van der Waals surface area contributed by atoms with Crippen molar-refractivity contribution in [1.82, 2.24) is 9.71 Å². The fourth-order valence-electron chi connectivity index (χ4n) is 2.44. The molecule has 0 bridgehead atoms. The maximum Gasteiger partial charge on any atom is 0.240 e. The zero-order valence-electron chi connectivity index (χ0n) is 13.3. The lowest BCUT2D eigenvalue weighted by Crippen LogP contribution is -2.26. The molecule has 0 saturated carbocycles. The highest BCUT2D eigenvalue weighted by Crippen LogP contribution is 2.24. The summed E-state index contributed by atoms with van der Waals surface area (Å²) in [5.74, 6) is 0. The van der Waals surface area contributed by atoms with Crippen LogP contribution in [0.1, 0.15) is 16.1 Å². The molecular formula is C17H19N3O2S2. The average molecular weight is 361 g/mol. The molecule has 0 radical (unpaired) electrons. The van der Waals surface area contributed by atoms with E-state index in [9.17, 15) is 8.42 Å². The quantitative estimate of drug-likeness (QED) is 0.707. The van der Waals surface area contributed by atoms with E-state index in [1.165, 1.54) is 0 Å². The van der Waals surface area contributed by atoms with Gasteiger partial charge in [-0.05, 0) is 42.7 Å². The topological polar surface area (TPSA) is 85.1 Å². The predicted molar refractivity (Wildman–Crippen MR) is 97.6 cm³/mol. The van der Waals surface area contributed by atoms with E-state index in [1.54, 1.807) is 29.5 Å². The van der Waals surface area contributed by atoms with Gasteiger partial charge in [-0.1, -0.05) is 24.3 Å². The normalized spacial score (nSPS) is 11.9. The van der Waals surface area contributed by atoms with E-state index in [4.69, 9.17) is 5.73 Å². The first-order valence-corrected chi connectivity index (χ1v) is 9.93. The van der Waals surface area contributed by atoms with Gasteiger partial charge in [-0.25, -0.2) is 18.1 Å². The number of aryl methyl sites for hydroxylation is 1. The van der Waals surface area contributed by atoms with E-state index >= 15 is 0 Å². The number of benzene rings is 2. The first-order valence-electron chi connectivity index (χ1n) is 7.63. The lowest BCUT2D eigenvalue weighted by atomic mass is 10.1. The van der Waals surface area contributed by atoms with Crippen molar-refractivity contribution in [3.8, 4) is 0 Å². The summed E-state index contributed by atoms with van der Waals surface area (Å²) in [6.45, 7) is 2.76. The molecule has 24 heavy (non-hydrogen) atoms. The summed E-state index contributed by atoms with van der Waals surface area (Å²) in [6.07, 6.45) is 0.627. The van der Waals surface area contributed by atoms with Gasteiger partial charge in [0, 0.05) is 13.1 Å². The maximum atomic E-state index is 12.4. The van der Waals surface area contributed by atoms with Crippen molar-refractivity contribution >= 4 is 31.6 Å². The van der Waals surface area contributed by atoms with Crippen LogP contribution in [0.4, 0.5) is 0 Å². The monoisotopic (exact) mass is 361 g/mol. The van der Waals surface area contributed by atoms with Crippen molar-refractivity contribution in [2.24, 2.45) is 5.73 Å². The molecule has 0 atom stereocenters. The van der Waals surface area contributed by atoms with E-state index < -0.39 is 10.0 Å². The third-order valence-corrected chi connectivity index (χ3v) is 6.15. The van der Waals surface area contributed by atoms with E-state index in [0.717, 1.165) is 26.4 Å². The Balaban J connectivity index is 1.67. The molecule has 0 spiro atoms. The van der Waals surface area contributed by atoms with Crippen molar-refractivity contribution in [3.05, 3.63) is 58.6 Å². The number of thiazole rings is 1. The molecule has 1 heterocycles. The third kappa shape index (κ3) is 3.81. The number of nitrogens with zero attached hydrogens (tertiary/aromatic N) is 1. The molecule has 5 nitrogen and oxygen atoms in total. The number of hydrogen-bond acceptors (Lipinski definition) is 5. The van der Waals surface area contributed by atoms with Crippen molar-refractivity contribution in [3.63, 3.8) is 0 Å². The highest BCUT2D eigenvalue weighted by molar-refractivity contribution is 7.89. The maximum absolute atomic E-state index is 12.4. The summed E-state index contributed by atoms with van der Waals surface area (Å²) in [7, 11) is -3.53. The summed E-state index contributed by atoms with van der Waals surface area (Å²) in [5, 5.41) is 0.924. The van der Waals surface area contributed by atoms with Gasteiger partial charge in [0.25, 0.3) is 0 Å². The fourth-order valence-corrected chi connectivity index (χ4v) is 4.30. The number of aromatic nitrogens is 1. The van der Waals surface area contributed by atoms with Crippen LogP contribution in [-0.4, -0.2) is 19.9 Å².